The van der Waals surface area contributed by atoms with E-state index in [1.807, 2.05) is 0 Å². The maximum atomic E-state index is 11.9. The Hall–Kier alpha value is -0.520. The van der Waals surface area contributed by atoms with E-state index in [-0.39, 0.29) is 12.4 Å². The zero-order valence-corrected chi connectivity index (χ0v) is 10.6. The predicted octanol–water partition coefficient (Wildman–Crippen LogP) is 1.15. The largest absolute Gasteiger partial charge is 0.313 e. The third-order valence-corrected chi connectivity index (χ3v) is 3.83. The van der Waals surface area contributed by atoms with E-state index < -0.39 is 10.8 Å². The SMILES string of the molecule is Cl.O=S(CC1CCCCN1)c1ncccn1. The standard InChI is InChI=1S/C10H15N3OS.ClH/c14-15(10-12-6-3-7-13-10)8-9-4-1-2-5-11-9;/h3,6-7,9,11H,1-2,4-5,8H2;1H. The molecule has 0 saturated carbocycles. The van der Waals surface area contributed by atoms with Gasteiger partial charge in [-0.25, -0.2) is 9.97 Å². The van der Waals surface area contributed by atoms with Crippen LogP contribution >= 0.6 is 12.4 Å². The van der Waals surface area contributed by atoms with Gasteiger partial charge >= 0.3 is 0 Å². The monoisotopic (exact) mass is 261 g/mol. The fourth-order valence-electron chi connectivity index (χ4n) is 1.73. The smallest absolute Gasteiger partial charge is 0.218 e. The topological polar surface area (TPSA) is 54.9 Å². The molecule has 90 valence electrons. The lowest BCUT2D eigenvalue weighted by Gasteiger charge is -2.22. The molecule has 2 atom stereocenters. The van der Waals surface area contributed by atoms with Crippen LogP contribution in [0.5, 0.6) is 0 Å². The summed E-state index contributed by atoms with van der Waals surface area (Å²) >= 11 is 0. The van der Waals surface area contributed by atoms with Crippen molar-refractivity contribution in [1.29, 1.82) is 0 Å². The Bertz CT molecular complexity index is 330. The van der Waals surface area contributed by atoms with E-state index >= 15 is 0 Å². The summed E-state index contributed by atoms with van der Waals surface area (Å²) in [4.78, 5) is 8.01. The number of nitrogens with zero attached hydrogens (tertiary/aromatic N) is 2. The normalized spacial score (nSPS) is 22.1. The van der Waals surface area contributed by atoms with Gasteiger partial charge in [0.2, 0.25) is 5.16 Å². The van der Waals surface area contributed by atoms with Crippen LogP contribution in [0, 0.1) is 0 Å². The maximum absolute atomic E-state index is 11.9. The van der Waals surface area contributed by atoms with E-state index in [4.69, 9.17) is 0 Å². The van der Waals surface area contributed by atoms with Gasteiger partial charge in [-0.1, -0.05) is 6.42 Å². The minimum Gasteiger partial charge on any atom is -0.313 e. The van der Waals surface area contributed by atoms with Crippen LogP contribution in [0.3, 0.4) is 0 Å². The summed E-state index contributed by atoms with van der Waals surface area (Å²) in [5, 5.41) is 3.82. The van der Waals surface area contributed by atoms with Gasteiger partial charge in [0, 0.05) is 24.2 Å². The highest BCUT2D eigenvalue weighted by atomic mass is 35.5. The van der Waals surface area contributed by atoms with E-state index in [1.54, 1.807) is 18.5 Å². The Balaban J connectivity index is 0.00000128. The number of aromatic nitrogens is 2. The highest BCUT2D eigenvalue weighted by molar-refractivity contribution is 7.84. The molecule has 1 aliphatic heterocycles. The van der Waals surface area contributed by atoms with Gasteiger partial charge in [0.25, 0.3) is 0 Å². The molecule has 2 heterocycles. The lowest BCUT2D eigenvalue weighted by atomic mass is 10.1. The van der Waals surface area contributed by atoms with Crippen molar-refractivity contribution in [1.82, 2.24) is 15.3 Å². The number of hydrogen-bond donors (Lipinski definition) is 1. The van der Waals surface area contributed by atoms with Crippen LogP contribution in [0.4, 0.5) is 0 Å². The molecular weight excluding hydrogens is 246 g/mol. The molecular formula is C10H16ClN3OS. The van der Waals surface area contributed by atoms with Gasteiger partial charge in [0.1, 0.15) is 0 Å². The van der Waals surface area contributed by atoms with Crippen molar-refractivity contribution >= 4 is 23.2 Å². The van der Waals surface area contributed by atoms with Crippen LogP contribution in [0.15, 0.2) is 23.6 Å². The Morgan fingerprint density at radius 1 is 1.38 bits per heavy atom. The van der Waals surface area contributed by atoms with E-state index in [0.29, 0.717) is 17.0 Å². The first-order valence-corrected chi connectivity index (χ1v) is 6.57. The summed E-state index contributed by atoms with van der Waals surface area (Å²) in [6.45, 7) is 1.04. The molecule has 0 radical (unpaired) electrons. The average molecular weight is 262 g/mol. The van der Waals surface area contributed by atoms with Crippen LogP contribution < -0.4 is 5.32 Å². The molecule has 0 amide bonds. The van der Waals surface area contributed by atoms with Crippen molar-refractivity contribution in [3.8, 4) is 0 Å². The van der Waals surface area contributed by atoms with Crippen LogP contribution in [-0.2, 0) is 10.8 Å². The molecule has 1 N–H and O–H groups in total. The van der Waals surface area contributed by atoms with Crippen molar-refractivity contribution in [3.05, 3.63) is 18.5 Å². The lowest BCUT2D eigenvalue weighted by molar-refractivity contribution is 0.427. The van der Waals surface area contributed by atoms with Crippen LogP contribution in [0.1, 0.15) is 19.3 Å². The second kappa shape index (κ2) is 6.93. The fourth-order valence-corrected chi connectivity index (χ4v) is 2.88. The molecule has 1 saturated heterocycles. The first-order chi connectivity index (χ1) is 7.36. The predicted molar refractivity (Wildman–Crippen MR) is 66.2 cm³/mol. The zero-order chi connectivity index (χ0) is 10.5. The molecule has 1 aromatic rings. The van der Waals surface area contributed by atoms with Gasteiger partial charge in [-0.3, -0.25) is 4.21 Å². The Labute approximate surface area is 104 Å². The molecule has 0 aromatic carbocycles. The molecule has 0 spiro atoms. The van der Waals surface area contributed by atoms with Crippen LogP contribution in [-0.4, -0.2) is 32.5 Å². The number of rotatable bonds is 3. The summed E-state index contributed by atoms with van der Waals surface area (Å²) in [6, 6.07) is 2.10. The summed E-state index contributed by atoms with van der Waals surface area (Å²) in [6.07, 6.45) is 6.83. The molecule has 1 aromatic heterocycles. The van der Waals surface area contributed by atoms with E-state index in [9.17, 15) is 4.21 Å². The molecule has 2 rings (SSSR count). The van der Waals surface area contributed by atoms with Crippen LogP contribution in [0.25, 0.3) is 0 Å². The first-order valence-electron chi connectivity index (χ1n) is 5.25. The Kier molecular flexibility index (Phi) is 5.87. The van der Waals surface area contributed by atoms with Crippen molar-refractivity contribution in [2.75, 3.05) is 12.3 Å². The average Bonchev–Trinajstić information content (AvgIpc) is 2.31. The second-order valence-corrected chi connectivity index (χ2v) is 5.08. The van der Waals surface area contributed by atoms with E-state index in [2.05, 4.69) is 15.3 Å². The number of piperidine rings is 1. The molecule has 6 heteroatoms. The number of hydrogen-bond acceptors (Lipinski definition) is 4. The summed E-state index contributed by atoms with van der Waals surface area (Å²) < 4.78 is 11.9. The van der Waals surface area contributed by atoms with Crippen LogP contribution in [0.2, 0.25) is 0 Å². The first kappa shape index (κ1) is 13.5. The molecule has 2 unspecified atom stereocenters. The summed E-state index contributed by atoms with van der Waals surface area (Å²) in [7, 11) is -1.07. The van der Waals surface area contributed by atoms with Crippen molar-refractivity contribution < 1.29 is 4.21 Å². The zero-order valence-electron chi connectivity index (χ0n) is 8.96. The van der Waals surface area contributed by atoms with Gasteiger partial charge in [-0.15, -0.1) is 12.4 Å². The highest BCUT2D eigenvalue weighted by Gasteiger charge is 2.17. The van der Waals surface area contributed by atoms with Gasteiger partial charge < -0.3 is 5.32 Å². The third kappa shape index (κ3) is 3.81. The molecule has 1 aliphatic rings. The van der Waals surface area contributed by atoms with Gasteiger partial charge in [-0.2, -0.15) is 0 Å². The van der Waals surface area contributed by atoms with Gasteiger partial charge in [-0.05, 0) is 25.5 Å². The molecule has 0 aliphatic carbocycles. The van der Waals surface area contributed by atoms with Gasteiger partial charge in [0.05, 0.1) is 10.8 Å². The highest BCUT2D eigenvalue weighted by Crippen LogP contribution is 2.09. The number of halogens is 1. The minimum absolute atomic E-state index is 0. The Morgan fingerprint density at radius 3 is 2.75 bits per heavy atom. The summed E-state index contributed by atoms with van der Waals surface area (Å²) in [5.74, 6) is 0.629. The lowest BCUT2D eigenvalue weighted by Crippen LogP contribution is -2.38. The van der Waals surface area contributed by atoms with Crippen molar-refractivity contribution in [2.45, 2.75) is 30.5 Å². The summed E-state index contributed by atoms with van der Waals surface area (Å²) in [5.41, 5.74) is 0. The van der Waals surface area contributed by atoms with Gasteiger partial charge in [0.15, 0.2) is 0 Å². The molecule has 1 fully saturated rings. The third-order valence-electron chi connectivity index (χ3n) is 2.51. The Morgan fingerprint density at radius 2 is 2.12 bits per heavy atom. The fraction of sp³-hybridized carbons (Fsp3) is 0.600. The quantitative estimate of drug-likeness (QED) is 0.830. The van der Waals surface area contributed by atoms with Crippen molar-refractivity contribution in [2.24, 2.45) is 0 Å². The minimum atomic E-state index is -1.07. The second-order valence-electron chi connectivity index (χ2n) is 3.69. The molecule has 4 nitrogen and oxygen atoms in total. The molecule has 16 heavy (non-hydrogen) atoms. The van der Waals surface area contributed by atoms with E-state index in [0.717, 1.165) is 13.0 Å². The van der Waals surface area contributed by atoms with E-state index in [1.165, 1.54) is 12.8 Å². The molecule has 0 bridgehead atoms. The number of nitrogens with one attached hydrogen (secondary N) is 1. The maximum Gasteiger partial charge on any atom is 0.218 e. The van der Waals surface area contributed by atoms with Crippen molar-refractivity contribution in [3.63, 3.8) is 0 Å².